The molecule has 0 bridgehead atoms. The van der Waals surface area contributed by atoms with Crippen LogP contribution < -0.4 is 10.6 Å². The maximum Gasteiger partial charge on any atom is 0.227 e. The Morgan fingerprint density at radius 2 is 2.04 bits per heavy atom. The van der Waals surface area contributed by atoms with E-state index in [0.717, 1.165) is 15.6 Å². The highest BCUT2D eigenvalue weighted by atomic mass is 127. The molecule has 0 amide bonds. The molecule has 2 heterocycles. The summed E-state index contributed by atoms with van der Waals surface area (Å²) in [5.41, 5.74) is 1.18. The van der Waals surface area contributed by atoms with Crippen molar-refractivity contribution in [2.45, 2.75) is 45.4 Å². The number of anilines is 2. The lowest BCUT2D eigenvalue weighted by molar-refractivity contribution is 0.0577. The van der Waals surface area contributed by atoms with Gasteiger partial charge in [-0.2, -0.15) is 9.97 Å². The summed E-state index contributed by atoms with van der Waals surface area (Å²) in [5, 5.41) is 27.0. The molecule has 4 N–H and O–H groups in total. The van der Waals surface area contributed by atoms with Crippen LogP contribution >= 0.6 is 22.6 Å². The normalized spacial score (nSPS) is 12.9. The van der Waals surface area contributed by atoms with E-state index < -0.39 is 5.60 Å². The number of rotatable bonds is 7. The smallest absolute Gasteiger partial charge is 0.227 e. The number of aromatic hydroxyl groups is 1. The van der Waals surface area contributed by atoms with Crippen LogP contribution in [0.4, 0.5) is 11.8 Å². The Labute approximate surface area is 177 Å². The monoisotopic (exact) mass is 496 g/mol. The average molecular weight is 496 g/mol. The van der Waals surface area contributed by atoms with E-state index in [1.165, 1.54) is 0 Å². The number of hydrogen-bond donors (Lipinski definition) is 4. The fraction of sp³-hybridized carbons (Fsp3) is 0.421. The molecule has 0 saturated heterocycles. The van der Waals surface area contributed by atoms with E-state index in [9.17, 15) is 10.2 Å². The van der Waals surface area contributed by atoms with E-state index >= 15 is 0 Å². The lowest BCUT2D eigenvalue weighted by atomic mass is 9.97. The Bertz CT molecular complexity index is 982. The number of imidazole rings is 1. The van der Waals surface area contributed by atoms with Crippen molar-refractivity contribution >= 4 is 45.5 Å². The van der Waals surface area contributed by atoms with Gasteiger partial charge in [0.1, 0.15) is 5.75 Å². The number of phenols is 1. The minimum absolute atomic E-state index is 0.203. The molecule has 28 heavy (non-hydrogen) atoms. The molecule has 2 aromatic heterocycles. The van der Waals surface area contributed by atoms with Gasteiger partial charge in [-0.25, -0.2) is 4.98 Å². The van der Waals surface area contributed by atoms with Crippen LogP contribution in [-0.2, 0) is 13.6 Å². The predicted octanol–water partition coefficient (Wildman–Crippen LogP) is 3.25. The molecule has 0 aliphatic carbocycles. The van der Waals surface area contributed by atoms with Gasteiger partial charge in [0.05, 0.1) is 18.0 Å². The number of fused-ring (bicyclic) bond motifs is 1. The highest BCUT2D eigenvalue weighted by Crippen LogP contribution is 2.25. The lowest BCUT2D eigenvalue weighted by Crippen LogP contribution is -2.41. The summed E-state index contributed by atoms with van der Waals surface area (Å²) in [7, 11) is 1.87. The first-order chi connectivity index (χ1) is 13.2. The minimum atomic E-state index is -0.917. The second kappa shape index (κ2) is 8.08. The molecule has 0 saturated carbocycles. The summed E-state index contributed by atoms with van der Waals surface area (Å²) in [6.45, 7) is 5.91. The van der Waals surface area contributed by atoms with Gasteiger partial charge in [0.15, 0.2) is 17.0 Å². The van der Waals surface area contributed by atoms with Crippen LogP contribution in [0.3, 0.4) is 0 Å². The van der Waals surface area contributed by atoms with E-state index in [2.05, 4.69) is 48.2 Å². The second-order valence-electron chi connectivity index (χ2n) is 7.31. The van der Waals surface area contributed by atoms with Crippen LogP contribution in [0, 0.1) is 3.57 Å². The highest BCUT2D eigenvalue weighted by Gasteiger charge is 2.26. The molecule has 0 radical (unpaired) electrons. The third-order valence-corrected chi connectivity index (χ3v) is 5.28. The van der Waals surface area contributed by atoms with Crippen molar-refractivity contribution in [3.05, 3.63) is 33.7 Å². The molecular formula is C19H25IN6O2. The van der Waals surface area contributed by atoms with Crippen molar-refractivity contribution in [1.82, 2.24) is 19.5 Å². The van der Waals surface area contributed by atoms with E-state index in [4.69, 9.17) is 0 Å². The topological polar surface area (TPSA) is 108 Å². The Morgan fingerprint density at radius 1 is 1.29 bits per heavy atom. The van der Waals surface area contributed by atoms with Crippen molar-refractivity contribution in [3.8, 4) is 5.75 Å². The van der Waals surface area contributed by atoms with Crippen LogP contribution in [0.25, 0.3) is 11.2 Å². The Kier molecular flexibility index (Phi) is 5.94. The summed E-state index contributed by atoms with van der Waals surface area (Å²) in [6.07, 6.45) is 2.40. The van der Waals surface area contributed by atoms with Gasteiger partial charge in [-0.1, -0.05) is 6.92 Å². The largest absolute Gasteiger partial charge is 0.508 e. The van der Waals surface area contributed by atoms with E-state index in [1.807, 2.05) is 30.7 Å². The second-order valence-corrected chi connectivity index (χ2v) is 8.55. The molecule has 8 nitrogen and oxygen atoms in total. The van der Waals surface area contributed by atoms with Gasteiger partial charge < -0.3 is 25.4 Å². The third kappa shape index (κ3) is 4.46. The number of aromatic nitrogens is 4. The zero-order chi connectivity index (χ0) is 20.5. The molecule has 1 unspecified atom stereocenters. The Morgan fingerprint density at radius 3 is 2.71 bits per heavy atom. The Hall–Kier alpha value is -2.14. The summed E-state index contributed by atoms with van der Waals surface area (Å²) in [5.74, 6) is 1.21. The van der Waals surface area contributed by atoms with Gasteiger partial charge in [-0.15, -0.1) is 0 Å². The quantitative estimate of drug-likeness (QED) is 0.372. The first-order valence-electron chi connectivity index (χ1n) is 9.08. The van der Waals surface area contributed by atoms with Crippen molar-refractivity contribution in [2.24, 2.45) is 7.05 Å². The summed E-state index contributed by atoms with van der Waals surface area (Å²) >= 11 is 2.21. The van der Waals surface area contributed by atoms with E-state index in [1.54, 1.807) is 26.2 Å². The minimum Gasteiger partial charge on any atom is -0.508 e. The number of halogens is 1. The number of phenolic OH excluding ortho intramolecular Hbond substituents is 1. The van der Waals surface area contributed by atoms with Gasteiger partial charge in [-0.05, 0) is 61.1 Å². The van der Waals surface area contributed by atoms with Crippen molar-refractivity contribution in [1.29, 1.82) is 0 Å². The van der Waals surface area contributed by atoms with Crippen LogP contribution in [-0.4, -0.2) is 41.4 Å². The lowest BCUT2D eigenvalue weighted by Gasteiger charge is -2.29. The fourth-order valence-corrected chi connectivity index (χ4v) is 3.56. The highest BCUT2D eigenvalue weighted by molar-refractivity contribution is 14.1. The van der Waals surface area contributed by atoms with E-state index in [0.29, 0.717) is 29.5 Å². The number of hydrogen-bond acceptors (Lipinski definition) is 7. The summed E-state index contributed by atoms with van der Waals surface area (Å²) in [6, 6.07) is 5.24. The molecule has 150 valence electrons. The maximum atomic E-state index is 10.4. The molecule has 0 aliphatic heterocycles. The molecule has 3 rings (SSSR count). The van der Waals surface area contributed by atoms with Gasteiger partial charge in [0.2, 0.25) is 5.95 Å². The van der Waals surface area contributed by atoms with Crippen LogP contribution in [0.2, 0.25) is 0 Å². The first-order valence-corrected chi connectivity index (χ1v) is 10.2. The molecule has 1 aromatic carbocycles. The number of aliphatic hydroxyl groups is 1. The predicted molar refractivity (Wildman–Crippen MR) is 118 cm³/mol. The zero-order valence-corrected chi connectivity index (χ0v) is 18.5. The number of nitrogens with one attached hydrogen (secondary N) is 2. The molecule has 0 spiro atoms. The standard InChI is InChI=1S/C19H25IN6O2/c1-5-14(19(2,3)28)23-18-24-16(15-17(25-18)26(4)10-22-15)21-9-11-8-12(20)6-7-13(11)27/h6-8,10,14,27-28H,5,9H2,1-4H3,(H2,21,23,24,25). The molecule has 0 fully saturated rings. The molecular weight excluding hydrogens is 471 g/mol. The fourth-order valence-electron chi connectivity index (χ4n) is 3.00. The summed E-state index contributed by atoms with van der Waals surface area (Å²) < 4.78 is 2.86. The van der Waals surface area contributed by atoms with Crippen molar-refractivity contribution < 1.29 is 10.2 Å². The van der Waals surface area contributed by atoms with Crippen molar-refractivity contribution in [2.75, 3.05) is 10.6 Å². The van der Waals surface area contributed by atoms with Crippen molar-refractivity contribution in [3.63, 3.8) is 0 Å². The number of aryl methyl sites for hydroxylation is 1. The first kappa shape index (κ1) is 20.6. The number of benzene rings is 1. The SMILES string of the molecule is CCC(Nc1nc(NCc2cc(I)ccc2O)c2ncn(C)c2n1)C(C)(C)O. The van der Waals surface area contributed by atoms with Gasteiger partial charge in [0.25, 0.3) is 0 Å². The third-order valence-electron chi connectivity index (χ3n) is 4.61. The molecule has 0 aliphatic rings. The number of nitrogens with zero attached hydrogens (tertiary/aromatic N) is 4. The molecule has 3 aromatic rings. The van der Waals surface area contributed by atoms with Crippen LogP contribution in [0.5, 0.6) is 5.75 Å². The maximum absolute atomic E-state index is 10.4. The average Bonchev–Trinajstić information content (AvgIpc) is 3.00. The van der Waals surface area contributed by atoms with Gasteiger partial charge in [0, 0.05) is 22.7 Å². The summed E-state index contributed by atoms with van der Waals surface area (Å²) in [4.78, 5) is 13.5. The van der Waals surface area contributed by atoms with Crippen LogP contribution in [0.15, 0.2) is 24.5 Å². The molecule has 9 heteroatoms. The van der Waals surface area contributed by atoms with E-state index in [-0.39, 0.29) is 11.8 Å². The molecule has 1 atom stereocenters. The Balaban J connectivity index is 1.93. The van der Waals surface area contributed by atoms with Crippen LogP contribution in [0.1, 0.15) is 32.8 Å². The van der Waals surface area contributed by atoms with Gasteiger partial charge in [-0.3, -0.25) is 0 Å². The zero-order valence-electron chi connectivity index (χ0n) is 16.4. The van der Waals surface area contributed by atoms with Gasteiger partial charge >= 0.3 is 0 Å².